The Hall–Kier alpha value is -2.12. The molecule has 0 amide bonds. The molecule has 3 rings (SSSR count). The maximum absolute atomic E-state index is 6.27. The van der Waals surface area contributed by atoms with Crippen LogP contribution in [0.25, 0.3) is 0 Å². The highest BCUT2D eigenvalue weighted by Gasteiger charge is 2.30. The van der Waals surface area contributed by atoms with Gasteiger partial charge in [0.2, 0.25) is 5.89 Å². The minimum Gasteiger partial charge on any atom is -0.357 e. The first-order valence-electron chi connectivity index (χ1n) is 11.3. The van der Waals surface area contributed by atoms with Crippen molar-refractivity contribution in [2.75, 3.05) is 33.2 Å². The van der Waals surface area contributed by atoms with E-state index in [4.69, 9.17) is 21.1 Å². The molecule has 0 aliphatic carbocycles. The van der Waals surface area contributed by atoms with Gasteiger partial charge in [-0.15, -0.1) is 0 Å². The van der Waals surface area contributed by atoms with Crippen LogP contribution in [0.15, 0.2) is 33.8 Å². The summed E-state index contributed by atoms with van der Waals surface area (Å²) in [6, 6.07) is 8.56. The molecule has 0 radical (unpaired) electrons. The molecule has 170 valence electrons. The summed E-state index contributed by atoms with van der Waals surface area (Å²) in [6.07, 6.45) is 3.01. The maximum atomic E-state index is 6.27. The molecule has 2 atom stereocenters. The van der Waals surface area contributed by atoms with Crippen LogP contribution in [-0.4, -0.2) is 54.2 Å². The number of likely N-dealkylation sites (tertiary alicyclic amines) is 1. The van der Waals surface area contributed by atoms with Gasteiger partial charge in [0, 0.05) is 43.0 Å². The Morgan fingerprint density at radius 1 is 1.35 bits per heavy atom. The zero-order valence-electron chi connectivity index (χ0n) is 19.1. The number of aliphatic imine (C=N–C) groups is 1. The molecule has 2 N–H and O–H groups in total. The van der Waals surface area contributed by atoms with E-state index in [-0.39, 0.29) is 5.92 Å². The second-order valence-electron chi connectivity index (χ2n) is 8.48. The molecule has 1 aromatic heterocycles. The lowest BCUT2D eigenvalue weighted by molar-refractivity contribution is 0.125. The molecule has 0 bridgehead atoms. The Labute approximate surface area is 190 Å². The van der Waals surface area contributed by atoms with Crippen LogP contribution < -0.4 is 10.6 Å². The lowest BCUT2D eigenvalue weighted by Gasteiger charge is -2.39. The van der Waals surface area contributed by atoms with Gasteiger partial charge in [0.15, 0.2) is 11.8 Å². The lowest BCUT2D eigenvalue weighted by Crippen LogP contribution is -2.40. The Morgan fingerprint density at radius 2 is 2.19 bits per heavy atom. The summed E-state index contributed by atoms with van der Waals surface area (Å²) in [6.45, 7) is 9.55. The highest BCUT2D eigenvalue weighted by molar-refractivity contribution is 6.30. The number of guanidine groups is 1. The first kappa shape index (κ1) is 23.5. The fraction of sp³-hybridized carbons (Fsp3) is 0.609. The van der Waals surface area contributed by atoms with Gasteiger partial charge in [0.1, 0.15) is 0 Å². The standard InChI is InChI=1S/C23H35ClN6O/c1-5-25-23(26-12-11-20-28-22(16(2)3)29-31-20)27-15-18-9-7-13-30(4)21(18)17-8-6-10-19(24)14-17/h6,8,10,14,16,18,21H,5,7,9,11-13,15H2,1-4H3,(H2,25,26,27). The highest BCUT2D eigenvalue weighted by Crippen LogP contribution is 2.36. The Kier molecular flexibility index (Phi) is 8.72. The van der Waals surface area contributed by atoms with Crippen LogP contribution >= 0.6 is 11.6 Å². The lowest BCUT2D eigenvalue weighted by atomic mass is 9.85. The average molecular weight is 447 g/mol. The van der Waals surface area contributed by atoms with Crippen molar-refractivity contribution in [1.82, 2.24) is 25.7 Å². The van der Waals surface area contributed by atoms with Crippen LogP contribution in [-0.2, 0) is 6.42 Å². The van der Waals surface area contributed by atoms with Crippen LogP contribution in [0, 0.1) is 5.92 Å². The number of benzene rings is 1. The third kappa shape index (κ3) is 6.68. The van der Waals surface area contributed by atoms with Gasteiger partial charge in [0.05, 0.1) is 0 Å². The quantitative estimate of drug-likeness (QED) is 0.471. The number of hydrogen-bond donors (Lipinski definition) is 2. The molecule has 1 fully saturated rings. The smallest absolute Gasteiger partial charge is 0.228 e. The topological polar surface area (TPSA) is 78.6 Å². The molecular formula is C23H35ClN6O. The number of aromatic nitrogens is 2. The predicted octanol–water partition coefficient (Wildman–Crippen LogP) is 4.03. The molecule has 1 aromatic carbocycles. The first-order chi connectivity index (χ1) is 15.0. The summed E-state index contributed by atoms with van der Waals surface area (Å²) in [7, 11) is 2.20. The van der Waals surface area contributed by atoms with E-state index >= 15 is 0 Å². The van der Waals surface area contributed by atoms with E-state index in [1.165, 1.54) is 12.0 Å². The van der Waals surface area contributed by atoms with Crippen molar-refractivity contribution in [1.29, 1.82) is 0 Å². The monoisotopic (exact) mass is 446 g/mol. The number of rotatable bonds is 8. The molecular weight excluding hydrogens is 412 g/mol. The van der Waals surface area contributed by atoms with Crippen molar-refractivity contribution < 1.29 is 4.52 Å². The molecule has 31 heavy (non-hydrogen) atoms. The van der Waals surface area contributed by atoms with Gasteiger partial charge < -0.3 is 15.2 Å². The SMILES string of the molecule is CCNC(=NCC1CCCN(C)C1c1cccc(Cl)c1)NCCc1nc(C(C)C)no1. The van der Waals surface area contributed by atoms with Crippen molar-refractivity contribution in [2.45, 2.75) is 52.0 Å². The summed E-state index contributed by atoms with van der Waals surface area (Å²) in [5.74, 6) is 2.94. The van der Waals surface area contributed by atoms with Crippen LogP contribution in [0.2, 0.25) is 5.02 Å². The molecule has 2 heterocycles. The summed E-state index contributed by atoms with van der Waals surface area (Å²) >= 11 is 6.27. The summed E-state index contributed by atoms with van der Waals surface area (Å²) in [5, 5.41) is 11.6. The van der Waals surface area contributed by atoms with E-state index in [1.807, 2.05) is 12.1 Å². The summed E-state index contributed by atoms with van der Waals surface area (Å²) < 4.78 is 5.33. The fourth-order valence-electron chi connectivity index (χ4n) is 4.11. The largest absolute Gasteiger partial charge is 0.357 e. The number of piperidine rings is 1. The summed E-state index contributed by atoms with van der Waals surface area (Å²) in [4.78, 5) is 11.8. The third-order valence-corrected chi connectivity index (χ3v) is 5.89. The number of nitrogens with zero attached hydrogens (tertiary/aromatic N) is 4. The normalized spacial score (nSPS) is 20.3. The van der Waals surface area contributed by atoms with Gasteiger partial charge in [-0.1, -0.05) is 42.7 Å². The maximum Gasteiger partial charge on any atom is 0.228 e. The molecule has 2 unspecified atom stereocenters. The van der Waals surface area contributed by atoms with Crippen LogP contribution in [0.3, 0.4) is 0 Å². The van der Waals surface area contributed by atoms with Crippen LogP contribution in [0.4, 0.5) is 0 Å². The average Bonchev–Trinajstić information content (AvgIpc) is 3.21. The van der Waals surface area contributed by atoms with Crippen molar-refractivity contribution >= 4 is 17.6 Å². The zero-order chi connectivity index (χ0) is 22.2. The second-order valence-corrected chi connectivity index (χ2v) is 8.92. The van der Waals surface area contributed by atoms with E-state index < -0.39 is 0 Å². The molecule has 7 nitrogen and oxygen atoms in total. The molecule has 2 aromatic rings. The summed E-state index contributed by atoms with van der Waals surface area (Å²) in [5.41, 5.74) is 1.27. The third-order valence-electron chi connectivity index (χ3n) is 5.66. The highest BCUT2D eigenvalue weighted by atomic mass is 35.5. The van der Waals surface area contributed by atoms with Gasteiger partial charge in [-0.05, 0) is 57.0 Å². The molecule has 1 saturated heterocycles. The van der Waals surface area contributed by atoms with Gasteiger partial charge in [-0.3, -0.25) is 9.89 Å². The van der Waals surface area contributed by atoms with Crippen molar-refractivity contribution in [2.24, 2.45) is 10.9 Å². The van der Waals surface area contributed by atoms with E-state index in [1.54, 1.807) is 0 Å². The fourth-order valence-corrected chi connectivity index (χ4v) is 4.31. The molecule has 8 heteroatoms. The van der Waals surface area contributed by atoms with Crippen molar-refractivity contribution in [3.63, 3.8) is 0 Å². The number of nitrogens with one attached hydrogen (secondary N) is 2. The van der Waals surface area contributed by atoms with E-state index in [2.05, 4.69) is 65.6 Å². The number of halogens is 1. The minimum absolute atomic E-state index is 0.269. The number of hydrogen-bond acceptors (Lipinski definition) is 5. The Morgan fingerprint density at radius 3 is 2.90 bits per heavy atom. The Bertz CT molecular complexity index is 852. The van der Waals surface area contributed by atoms with Crippen molar-refractivity contribution in [3.8, 4) is 0 Å². The van der Waals surface area contributed by atoms with Gasteiger partial charge in [-0.25, -0.2) is 0 Å². The zero-order valence-corrected chi connectivity index (χ0v) is 19.8. The van der Waals surface area contributed by atoms with E-state index in [9.17, 15) is 0 Å². The molecule has 1 aliphatic rings. The molecule has 0 spiro atoms. The van der Waals surface area contributed by atoms with Gasteiger partial charge >= 0.3 is 0 Å². The predicted molar refractivity (Wildman–Crippen MR) is 126 cm³/mol. The van der Waals surface area contributed by atoms with E-state index in [0.29, 0.717) is 30.8 Å². The van der Waals surface area contributed by atoms with Crippen molar-refractivity contribution in [3.05, 3.63) is 46.6 Å². The minimum atomic E-state index is 0.269. The first-order valence-corrected chi connectivity index (χ1v) is 11.7. The Balaban J connectivity index is 1.62. The van der Waals surface area contributed by atoms with Crippen LogP contribution in [0.1, 0.15) is 62.9 Å². The van der Waals surface area contributed by atoms with Gasteiger partial charge in [-0.2, -0.15) is 4.98 Å². The molecule has 1 aliphatic heterocycles. The van der Waals surface area contributed by atoms with Gasteiger partial charge in [0.25, 0.3) is 0 Å². The van der Waals surface area contributed by atoms with Crippen LogP contribution in [0.5, 0.6) is 0 Å². The van der Waals surface area contributed by atoms with E-state index in [0.717, 1.165) is 42.9 Å². The molecule has 0 saturated carbocycles. The second kappa shape index (κ2) is 11.5.